The molecule has 1 N–H and O–H groups in total. The average molecular weight is 346 g/mol. The molecule has 0 atom stereocenters. The minimum Gasteiger partial charge on any atom is -0.478 e. The molecule has 1 aromatic carbocycles. The van der Waals surface area contributed by atoms with E-state index in [9.17, 15) is 13.6 Å². The minimum absolute atomic E-state index is 0.0280. The molecule has 1 rings (SSSR count). The molecule has 1 amide bonds. The molecule has 0 saturated heterocycles. The topological polar surface area (TPSA) is 38.3 Å². The predicted molar refractivity (Wildman–Crippen MR) is 75.7 cm³/mol. The van der Waals surface area contributed by atoms with Crippen LogP contribution in [-0.4, -0.2) is 24.4 Å². The first-order valence-electron chi connectivity index (χ1n) is 5.99. The molecule has 0 spiro atoms. The van der Waals surface area contributed by atoms with Crippen LogP contribution >= 0.6 is 15.9 Å². The van der Waals surface area contributed by atoms with Crippen LogP contribution in [0.15, 0.2) is 18.2 Å². The molecule has 20 heavy (non-hydrogen) atoms. The Morgan fingerprint density at radius 1 is 1.35 bits per heavy atom. The van der Waals surface area contributed by atoms with Crippen LogP contribution in [0.3, 0.4) is 0 Å². The van der Waals surface area contributed by atoms with Crippen molar-refractivity contribution in [1.29, 1.82) is 0 Å². The number of carbonyl (C=O) groups is 1. The van der Waals surface area contributed by atoms with Gasteiger partial charge in [-0.1, -0.05) is 27.8 Å². The number of ether oxygens (including phenoxy) is 1. The van der Waals surface area contributed by atoms with Gasteiger partial charge in [0.15, 0.2) is 11.6 Å². The van der Waals surface area contributed by atoms with Gasteiger partial charge in [0, 0.05) is 17.8 Å². The van der Waals surface area contributed by atoms with Crippen LogP contribution in [0.25, 0.3) is 0 Å². The van der Waals surface area contributed by atoms with E-state index in [0.29, 0.717) is 6.42 Å². The summed E-state index contributed by atoms with van der Waals surface area (Å²) in [7, 11) is 0. The van der Waals surface area contributed by atoms with E-state index in [0.717, 1.165) is 23.9 Å². The monoisotopic (exact) mass is 345 g/mol. The van der Waals surface area contributed by atoms with E-state index in [4.69, 9.17) is 4.74 Å². The molecule has 3 nitrogen and oxygen atoms in total. The second kappa shape index (κ2) is 9.32. The molecule has 0 bridgehead atoms. The van der Waals surface area contributed by atoms with Crippen molar-refractivity contribution in [2.24, 2.45) is 0 Å². The first kappa shape index (κ1) is 16.4. The number of amides is 1. The van der Waals surface area contributed by atoms with Crippen LogP contribution in [0.4, 0.5) is 8.78 Å². The number of carbonyl (C=O) groups excluding carboxylic acids is 1. The molecule has 0 heterocycles. The fourth-order valence-electron chi connectivity index (χ4n) is 1.28. The van der Waals surface area contributed by atoms with Gasteiger partial charge in [0.2, 0.25) is 5.91 Å². The molecule has 0 aromatic heterocycles. The molecule has 1 aromatic rings. The number of alkyl halides is 1. The molecule has 108 valence electrons. The first-order valence-corrected chi connectivity index (χ1v) is 7.12. The summed E-state index contributed by atoms with van der Waals surface area (Å²) >= 11 is 3.23. The molecule has 6 heteroatoms. The summed E-state index contributed by atoms with van der Waals surface area (Å²) in [6.45, 7) is 0.191. The third-order valence-electron chi connectivity index (χ3n) is 2.23. The van der Waals surface area contributed by atoms with Crippen LogP contribution in [0.5, 0.6) is 5.75 Å². The Balaban J connectivity index is 2.24. The SMILES string of the molecule is O=C(CCCBr)NCC#CCOc1ccc(F)cc1F. The van der Waals surface area contributed by atoms with E-state index >= 15 is 0 Å². The Hall–Kier alpha value is -1.61. The number of hydrogen-bond donors (Lipinski definition) is 1. The Morgan fingerprint density at radius 2 is 2.15 bits per heavy atom. The van der Waals surface area contributed by atoms with E-state index in [1.54, 1.807) is 0 Å². The third-order valence-corrected chi connectivity index (χ3v) is 2.79. The lowest BCUT2D eigenvalue weighted by Gasteiger charge is -2.02. The van der Waals surface area contributed by atoms with Gasteiger partial charge < -0.3 is 10.1 Å². The Bertz CT molecular complexity index is 512. The van der Waals surface area contributed by atoms with Gasteiger partial charge in [0.25, 0.3) is 0 Å². The summed E-state index contributed by atoms with van der Waals surface area (Å²) in [5, 5.41) is 3.40. The third kappa shape index (κ3) is 6.53. The van der Waals surface area contributed by atoms with Crippen molar-refractivity contribution in [1.82, 2.24) is 5.32 Å². The summed E-state index contributed by atoms with van der Waals surface area (Å²) < 4.78 is 30.8. The van der Waals surface area contributed by atoms with Crippen molar-refractivity contribution in [2.75, 3.05) is 18.5 Å². The van der Waals surface area contributed by atoms with Gasteiger partial charge in [-0.3, -0.25) is 4.79 Å². The highest BCUT2D eigenvalue weighted by Gasteiger charge is 2.03. The van der Waals surface area contributed by atoms with Crippen LogP contribution in [0.1, 0.15) is 12.8 Å². The molecular formula is C14H14BrF2NO2. The highest BCUT2D eigenvalue weighted by atomic mass is 79.9. The van der Waals surface area contributed by atoms with Crippen molar-refractivity contribution in [2.45, 2.75) is 12.8 Å². The van der Waals surface area contributed by atoms with Crippen LogP contribution < -0.4 is 10.1 Å². The Labute approximate surface area is 124 Å². The molecule has 0 saturated carbocycles. The Kier molecular flexibility index (Phi) is 7.66. The molecular weight excluding hydrogens is 332 g/mol. The lowest BCUT2D eigenvalue weighted by molar-refractivity contribution is -0.120. The van der Waals surface area contributed by atoms with Crippen LogP contribution in [0.2, 0.25) is 0 Å². The van der Waals surface area contributed by atoms with Gasteiger partial charge in [-0.25, -0.2) is 8.78 Å². The quantitative estimate of drug-likeness (QED) is 0.635. The largest absolute Gasteiger partial charge is 0.478 e. The number of benzene rings is 1. The fourth-order valence-corrected chi connectivity index (χ4v) is 1.56. The Morgan fingerprint density at radius 3 is 2.85 bits per heavy atom. The summed E-state index contributed by atoms with van der Waals surface area (Å²) in [5.74, 6) is 3.76. The van der Waals surface area contributed by atoms with E-state index in [-0.39, 0.29) is 24.8 Å². The van der Waals surface area contributed by atoms with Gasteiger partial charge in [-0.05, 0) is 18.6 Å². The molecule has 0 aliphatic rings. The van der Waals surface area contributed by atoms with Gasteiger partial charge in [-0.2, -0.15) is 0 Å². The van der Waals surface area contributed by atoms with Gasteiger partial charge in [0.1, 0.15) is 12.4 Å². The zero-order valence-electron chi connectivity index (χ0n) is 10.7. The van der Waals surface area contributed by atoms with Gasteiger partial charge in [-0.15, -0.1) is 0 Å². The van der Waals surface area contributed by atoms with Crippen LogP contribution in [-0.2, 0) is 4.79 Å². The van der Waals surface area contributed by atoms with Crippen molar-refractivity contribution in [3.05, 3.63) is 29.8 Å². The van der Waals surface area contributed by atoms with Gasteiger partial charge >= 0.3 is 0 Å². The predicted octanol–water partition coefficient (Wildman–Crippen LogP) is 2.64. The van der Waals surface area contributed by atoms with Crippen LogP contribution in [0, 0.1) is 23.5 Å². The maximum atomic E-state index is 13.2. The minimum atomic E-state index is -0.769. The average Bonchev–Trinajstić information content (AvgIpc) is 2.42. The van der Waals surface area contributed by atoms with E-state index < -0.39 is 11.6 Å². The fraction of sp³-hybridized carbons (Fsp3) is 0.357. The first-order chi connectivity index (χ1) is 9.63. The molecule has 0 aliphatic carbocycles. The normalized spacial score (nSPS) is 9.55. The van der Waals surface area contributed by atoms with E-state index in [1.165, 1.54) is 6.07 Å². The summed E-state index contributed by atoms with van der Waals surface area (Å²) in [6.07, 6.45) is 1.22. The number of halogens is 3. The lowest BCUT2D eigenvalue weighted by Crippen LogP contribution is -2.23. The highest BCUT2D eigenvalue weighted by Crippen LogP contribution is 2.16. The summed E-state index contributed by atoms with van der Waals surface area (Å²) in [4.78, 5) is 11.2. The highest BCUT2D eigenvalue weighted by molar-refractivity contribution is 9.09. The van der Waals surface area contributed by atoms with E-state index in [1.807, 2.05) is 0 Å². The summed E-state index contributed by atoms with van der Waals surface area (Å²) in [5.41, 5.74) is 0. The van der Waals surface area contributed by atoms with Gasteiger partial charge in [0.05, 0.1) is 6.54 Å². The van der Waals surface area contributed by atoms with Crippen molar-refractivity contribution in [3.8, 4) is 17.6 Å². The zero-order chi connectivity index (χ0) is 14.8. The van der Waals surface area contributed by atoms with E-state index in [2.05, 4.69) is 33.1 Å². The smallest absolute Gasteiger partial charge is 0.220 e. The maximum absolute atomic E-state index is 13.2. The number of rotatable bonds is 6. The van der Waals surface area contributed by atoms with Crippen molar-refractivity contribution >= 4 is 21.8 Å². The van der Waals surface area contributed by atoms with Crippen molar-refractivity contribution in [3.63, 3.8) is 0 Å². The zero-order valence-corrected chi connectivity index (χ0v) is 12.3. The summed E-state index contributed by atoms with van der Waals surface area (Å²) in [6, 6.07) is 3.05. The second-order valence-corrected chi connectivity index (χ2v) is 4.58. The molecule has 0 aliphatic heterocycles. The number of hydrogen-bond acceptors (Lipinski definition) is 2. The standard InChI is InChI=1S/C14H14BrF2NO2/c15-7-3-4-14(19)18-8-1-2-9-20-13-6-5-11(16)10-12(13)17/h5-6,10H,3-4,7-9H2,(H,18,19). The molecule has 0 unspecified atom stereocenters. The molecule has 0 radical (unpaired) electrons. The molecule has 0 fully saturated rings. The number of nitrogens with one attached hydrogen (secondary N) is 1. The second-order valence-electron chi connectivity index (χ2n) is 3.79. The lowest BCUT2D eigenvalue weighted by atomic mass is 10.3. The van der Waals surface area contributed by atoms with Crippen molar-refractivity contribution < 1.29 is 18.3 Å². The maximum Gasteiger partial charge on any atom is 0.220 e.